The summed E-state index contributed by atoms with van der Waals surface area (Å²) < 4.78 is 21.4. The summed E-state index contributed by atoms with van der Waals surface area (Å²) in [6.07, 6.45) is 3.01. The molecule has 0 saturated heterocycles. The maximum Gasteiger partial charge on any atom is 0.0493 e. The van der Waals surface area contributed by atoms with Gasteiger partial charge in [-0.1, -0.05) is 18.2 Å². The summed E-state index contributed by atoms with van der Waals surface area (Å²) in [6.45, 7) is 0. The minimum absolute atomic E-state index is 0. The first kappa shape index (κ1) is 19.4. The molecule has 0 fully saturated rings. The van der Waals surface area contributed by atoms with Crippen LogP contribution in [0.3, 0.4) is 0 Å². The second kappa shape index (κ2) is 8.15. The Bertz CT molecular complexity index is 312. The van der Waals surface area contributed by atoms with Crippen LogP contribution in [-0.2, 0) is 61.1 Å². The van der Waals surface area contributed by atoms with Crippen molar-refractivity contribution < 1.29 is 65.2 Å². The van der Waals surface area contributed by atoms with Gasteiger partial charge in [-0.3, -0.25) is 8.42 Å². The average molecular weight is 313 g/mol. The van der Waals surface area contributed by atoms with Crippen LogP contribution in [0, 0.1) is 6.26 Å². The summed E-state index contributed by atoms with van der Waals surface area (Å²) in [5, 5.41) is 0. The third kappa shape index (κ3) is 6.83. The van der Waals surface area contributed by atoms with Gasteiger partial charge in [0.15, 0.2) is 0 Å². The van der Waals surface area contributed by atoms with Crippen molar-refractivity contribution in [3.05, 3.63) is 36.6 Å². The molecule has 13 heavy (non-hydrogen) atoms. The summed E-state index contributed by atoms with van der Waals surface area (Å²) >= 11 is 0. The van der Waals surface area contributed by atoms with Gasteiger partial charge in [0.1, 0.15) is 0 Å². The summed E-state index contributed by atoms with van der Waals surface area (Å²) in [5.41, 5.74) is 0. The van der Waals surface area contributed by atoms with Crippen LogP contribution < -0.4 is 0 Å². The van der Waals surface area contributed by atoms with E-state index in [-0.39, 0.29) is 61.6 Å². The molecular formula is C7H9O3SVY-. The van der Waals surface area contributed by atoms with E-state index in [0.29, 0.717) is 0 Å². The van der Waals surface area contributed by atoms with Gasteiger partial charge >= 0.3 is 0 Å². The van der Waals surface area contributed by atoms with Crippen molar-refractivity contribution in [2.45, 2.75) is 4.90 Å². The number of sulfone groups is 1. The van der Waals surface area contributed by atoms with E-state index >= 15 is 0 Å². The molecule has 6 heteroatoms. The van der Waals surface area contributed by atoms with Crippen molar-refractivity contribution >= 4 is 9.84 Å². The monoisotopic (exact) mass is 313 g/mol. The van der Waals surface area contributed by atoms with Crippen LogP contribution in [0.5, 0.6) is 0 Å². The van der Waals surface area contributed by atoms with Crippen molar-refractivity contribution in [1.29, 1.82) is 0 Å². The maximum atomic E-state index is 10.7. The van der Waals surface area contributed by atoms with Gasteiger partial charge in [-0.05, 0) is 12.1 Å². The van der Waals surface area contributed by atoms with E-state index in [0.717, 1.165) is 0 Å². The molecule has 0 aromatic heterocycles. The first-order chi connectivity index (χ1) is 4.61. The minimum Gasteiger partial charge on any atom is -0.412 e. The van der Waals surface area contributed by atoms with Crippen molar-refractivity contribution in [2.24, 2.45) is 0 Å². The van der Waals surface area contributed by atoms with Gasteiger partial charge < -0.3 is 5.48 Å². The van der Waals surface area contributed by atoms with Crippen LogP contribution in [0.1, 0.15) is 0 Å². The van der Waals surface area contributed by atoms with Crippen molar-refractivity contribution in [3.63, 3.8) is 0 Å². The van der Waals surface area contributed by atoms with Crippen LogP contribution in [0.15, 0.2) is 35.2 Å². The number of benzene rings is 1. The quantitative estimate of drug-likeness (QED) is 0.706. The van der Waals surface area contributed by atoms with E-state index in [4.69, 9.17) is 0 Å². The minimum atomic E-state index is -3.25. The normalized spacial score (nSPS) is 8.69. The maximum absolute atomic E-state index is 10.7. The Labute approximate surface area is 115 Å². The molecule has 1 aromatic rings. The van der Waals surface area contributed by atoms with Crippen LogP contribution in [0.2, 0.25) is 0 Å². The standard InChI is InChI=1S/C7H7O2S.H2O.V.Y/c1-10(8,9)7-5-3-2-4-6-7;;;/h2-6H,1H2;1H2;;/q-1;;;. The van der Waals surface area contributed by atoms with Gasteiger partial charge in [0.25, 0.3) is 0 Å². The first-order valence-electron chi connectivity index (χ1n) is 2.74. The van der Waals surface area contributed by atoms with Crippen LogP contribution in [0.4, 0.5) is 0 Å². The van der Waals surface area contributed by atoms with Crippen LogP contribution in [0.25, 0.3) is 0 Å². The molecule has 2 N–H and O–H groups in total. The fourth-order valence-corrected chi connectivity index (χ4v) is 1.20. The van der Waals surface area contributed by atoms with Gasteiger partial charge in [0, 0.05) is 66.0 Å². The molecule has 1 aromatic carbocycles. The van der Waals surface area contributed by atoms with Crippen LogP contribution >= 0.6 is 0 Å². The average Bonchev–Trinajstić information content (AvgIpc) is 1.88. The van der Waals surface area contributed by atoms with Gasteiger partial charge in [-0.15, -0.1) is 0 Å². The predicted molar refractivity (Wildman–Crippen MR) is 42.6 cm³/mol. The van der Waals surface area contributed by atoms with Crippen molar-refractivity contribution in [3.8, 4) is 0 Å². The van der Waals surface area contributed by atoms with Gasteiger partial charge in [-0.25, -0.2) is 6.26 Å². The Morgan fingerprint density at radius 2 is 1.46 bits per heavy atom. The fraction of sp³-hybridized carbons (Fsp3) is 0. The topological polar surface area (TPSA) is 65.6 Å². The fourth-order valence-electron chi connectivity index (χ4n) is 0.628. The smallest absolute Gasteiger partial charge is 0.0493 e. The molecule has 0 aliphatic rings. The second-order valence-corrected chi connectivity index (χ2v) is 3.63. The first-order valence-corrected chi connectivity index (χ1v) is 4.39. The molecule has 0 aliphatic heterocycles. The third-order valence-electron chi connectivity index (χ3n) is 1.10. The Morgan fingerprint density at radius 1 is 1.08 bits per heavy atom. The van der Waals surface area contributed by atoms with Gasteiger partial charge in [0.2, 0.25) is 0 Å². The molecular weight excluding hydrogens is 304 g/mol. The summed E-state index contributed by atoms with van der Waals surface area (Å²) in [7, 11) is -3.25. The zero-order chi connectivity index (χ0) is 7.61. The van der Waals surface area contributed by atoms with Crippen LogP contribution in [-0.4, -0.2) is 13.9 Å². The Morgan fingerprint density at radius 3 is 1.69 bits per heavy atom. The molecule has 0 heterocycles. The number of hydrogen-bond donors (Lipinski definition) is 0. The SMILES string of the molecule is O.[CH2-]S(=O)(=O)c1ccccc1.[V].[Y]. The van der Waals surface area contributed by atoms with Crippen molar-refractivity contribution in [1.82, 2.24) is 0 Å². The largest absolute Gasteiger partial charge is 0.412 e. The van der Waals surface area contributed by atoms with E-state index in [1.807, 2.05) is 0 Å². The molecule has 0 amide bonds. The van der Waals surface area contributed by atoms with Gasteiger partial charge in [0.05, 0.1) is 0 Å². The molecule has 1 rings (SSSR count). The number of hydrogen-bond acceptors (Lipinski definition) is 2. The predicted octanol–water partition coefficient (Wildman–Crippen LogP) is 0.422. The van der Waals surface area contributed by atoms with Crippen molar-refractivity contribution in [2.75, 3.05) is 0 Å². The number of rotatable bonds is 1. The summed E-state index contributed by atoms with van der Waals surface area (Å²) in [5.74, 6) is 0. The zero-order valence-electron chi connectivity index (χ0n) is 6.84. The second-order valence-electron chi connectivity index (χ2n) is 1.93. The Balaban J connectivity index is -0.000000333. The van der Waals surface area contributed by atoms with E-state index in [1.54, 1.807) is 18.2 Å². The molecule has 2 radical (unpaired) electrons. The summed E-state index contributed by atoms with van der Waals surface area (Å²) in [4.78, 5) is 0.259. The molecule has 0 saturated carbocycles. The molecule has 0 aliphatic carbocycles. The van der Waals surface area contributed by atoms with Gasteiger partial charge in [-0.2, -0.15) is 0 Å². The van der Waals surface area contributed by atoms with E-state index < -0.39 is 9.84 Å². The third-order valence-corrected chi connectivity index (χ3v) is 2.09. The molecule has 0 bridgehead atoms. The van der Waals surface area contributed by atoms with E-state index in [2.05, 4.69) is 6.26 Å². The molecule has 3 nitrogen and oxygen atoms in total. The molecule has 0 unspecified atom stereocenters. The summed E-state index contributed by atoms with van der Waals surface area (Å²) in [6, 6.07) is 8.12. The zero-order valence-corrected chi connectivity index (χ0v) is 11.9. The molecule has 70 valence electrons. The van der Waals surface area contributed by atoms with E-state index in [9.17, 15) is 8.42 Å². The molecule has 0 spiro atoms. The Hall–Kier alpha value is 0.818. The Kier molecular flexibility index (Phi) is 12.2. The molecule has 0 atom stereocenters. The van der Waals surface area contributed by atoms with E-state index in [1.165, 1.54) is 12.1 Å².